The van der Waals surface area contributed by atoms with Crippen LogP contribution in [-0.2, 0) is 0 Å². The highest BCUT2D eigenvalue weighted by atomic mass is 16.4. The van der Waals surface area contributed by atoms with Gasteiger partial charge in [-0.15, -0.1) is 0 Å². The molecule has 3 aromatic rings. The number of carboxylic acids is 1. The Kier molecular flexibility index (Phi) is 2.49. The molecule has 0 spiro atoms. The average Bonchev–Trinajstić information content (AvgIpc) is 2.81. The van der Waals surface area contributed by atoms with Gasteiger partial charge in [0.2, 0.25) is 0 Å². The summed E-state index contributed by atoms with van der Waals surface area (Å²) in [5.41, 5.74) is 1.62. The number of hydrogen-bond donors (Lipinski definition) is 2. The SMILES string of the molecule is O=C(O)c1ccc(-c2cc3ccc(O)cc3o2)cc1. The van der Waals surface area contributed by atoms with E-state index < -0.39 is 5.97 Å². The highest BCUT2D eigenvalue weighted by Crippen LogP contribution is 2.29. The molecule has 0 saturated carbocycles. The first kappa shape index (κ1) is 11.3. The van der Waals surface area contributed by atoms with Crippen LogP contribution < -0.4 is 0 Å². The summed E-state index contributed by atoms with van der Waals surface area (Å²) in [5, 5.41) is 19.1. The summed E-state index contributed by atoms with van der Waals surface area (Å²) in [4.78, 5) is 10.8. The standard InChI is InChI=1S/C15H10O4/c16-12-6-5-11-7-13(19-14(11)8-12)9-1-3-10(4-2-9)15(17)18/h1-8,16H,(H,17,18). The van der Waals surface area contributed by atoms with E-state index in [9.17, 15) is 9.90 Å². The van der Waals surface area contributed by atoms with Gasteiger partial charge in [0.25, 0.3) is 0 Å². The van der Waals surface area contributed by atoms with Crippen LogP contribution in [0.2, 0.25) is 0 Å². The fraction of sp³-hybridized carbons (Fsp3) is 0. The van der Waals surface area contributed by atoms with Gasteiger partial charge in [-0.05, 0) is 30.3 Å². The maximum atomic E-state index is 10.8. The van der Waals surface area contributed by atoms with Crippen LogP contribution in [0.3, 0.4) is 0 Å². The third-order valence-corrected chi connectivity index (χ3v) is 2.92. The minimum atomic E-state index is -0.957. The van der Waals surface area contributed by atoms with Crippen LogP contribution in [0, 0.1) is 0 Å². The minimum absolute atomic E-state index is 0.148. The zero-order chi connectivity index (χ0) is 13.4. The summed E-state index contributed by atoms with van der Waals surface area (Å²) in [5.74, 6) is -0.173. The van der Waals surface area contributed by atoms with E-state index in [1.54, 1.807) is 30.3 Å². The summed E-state index contributed by atoms with van der Waals surface area (Å²) in [7, 11) is 0. The molecule has 3 rings (SSSR count). The van der Waals surface area contributed by atoms with Crippen LogP contribution in [-0.4, -0.2) is 16.2 Å². The van der Waals surface area contributed by atoms with Crippen LogP contribution in [0.1, 0.15) is 10.4 Å². The van der Waals surface area contributed by atoms with Crippen LogP contribution >= 0.6 is 0 Å². The van der Waals surface area contributed by atoms with Crippen molar-refractivity contribution < 1.29 is 19.4 Å². The van der Waals surface area contributed by atoms with Crippen molar-refractivity contribution in [2.45, 2.75) is 0 Å². The normalized spacial score (nSPS) is 10.7. The summed E-state index contributed by atoms with van der Waals surface area (Å²) in [6.45, 7) is 0. The molecule has 4 nitrogen and oxygen atoms in total. The summed E-state index contributed by atoms with van der Waals surface area (Å²) < 4.78 is 5.63. The fourth-order valence-electron chi connectivity index (χ4n) is 1.94. The van der Waals surface area contributed by atoms with Gasteiger partial charge in [0.1, 0.15) is 17.1 Å². The maximum Gasteiger partial charge on any atom is 0.335 e. The molecule has 0 aliphatic rings. The minimum Gasteiger partial charge on any atom is -0.508 e. The van der Waals surface area contributed by atoms with Crippen molar-refractivity contribution in [3.63, 3.8) is 0 Å². The Bertz CT molecular complexity index is 753. The number of carboxylic acid groups (broad SMARTS) is 1. The van der Waals surface area contributed by atoms with Gasteiger partial charge in [0.15, 0.2) is 0 Å². The monoisotopic (exact) mass is 254 g/mol. The molecular weight excluding hydrogens is 244 g/mol. The molecule has 19 heavy (non-hydrogen) atoms. The zero-order valence-corrected chi connectivity index (χ0v) is 9.83. The predicted molar refractivity (Wildman–Crippen MR) is 70.3 cm³/mol. The van der Waals surface area contributed by atoms with Crippen molar-refractivity contribution in [1.82, 2.24) is 0 Å². The molecular formula is C15H10O4. The second kappa shape index (κ2) is 4.17. The van der Waals surface area contributed by atoms with Crippen molar-refractivity contribution in [2.75, 3.05) is 0 Å². The first-order valence-corrected chi connectivity index (χ1v) is 5.70. The second-order valence-corrected chi connectivity index (χ2v) is 4.22. The van der Waals surface area contributed by atoms with Gasteiger partial charge < -0.3 is 14.6 Å². The van der Waals surface area contributed by atoms with Gasteiger partial charge in [-0.1, -0.05) is 12.1 Å². The molecule has 2 aromatic carbocycles. The van der Waals surface area contributed by atoms with Crippen molar-refractivity contribution >= 4 is 16.9 Å². The van der Waals surface area contributed by atoms with Crippen LogP contribution in [0.15, 0.2) is 52.9 Å². The molecule has 0 radical (unpaired) electrons. The van der Waals surface area contributed by atoms with Crippen LogP contribution in [0.25, 0.3) is 22.3 Å². The van der Waals surface area contributed by atoms with E-state index in [2.05, 4.69) is 0 Å². The van der Waals surface area contributed by atoms with Gasteiger partial charge in [0, 0.05) is 17.0 Å². The number of benzene rings is 2. The highest BCUT2D eigenvalue weighted by molar-refractivity contribution is 5.89. The molecule has 0 fully saturated rings. The average molecular weight is 254 g/mol. The Balaban J connectivity index is 2.06. The molecule has 2 N–H and O–H groups in total. The lowest BCUT2D eigenvalue weighted by Gasteiger charge is -1.97. The van der Waals surface area contributed by atoms with Crippen molar-refractivity contribution in [1.29, 1.82) is 0 Å². The molecule has 0 unspecified atom stereocenters. The maximum absolute atomic E-state index is 10.8. The fourth-order valence-corrected chi connectivity index (χ4v) is 1.94. The quantitative estimate of drug-likeness (QED) is 0.734. The molecule has 0 aliphatic carbocycles. The molecule has 94 valence electrons. The summed E-state index contributed by atoms with van der Waals surface area (Å²) in [6.07, 6.45) is 0. The van der Waals surface area contributed by atoms with Crippen molar-refractivity contribution in [3.8, 4) is 17.1 Å². The molecule has 4 heteroatoms. The van der Waals surface area contributed by atoms with E-state index in [-0.39, 0.29) is 11.3 Å². The zero-order valence-electron chi connectivity index (χ0n) is 9.83. The first-order chi connectivity index (χ1) is 9.13. The third-order valence-electron chi connectivity index (χ3n) is 2.92. The number of fused-ring (bicyclic) bond motifs is 1. The van der Waals surface area contributed by atoms with Gasteiger partial charge in [0.05, 0.1) is 5.56 Å². The lowest BCUT2D eigenvalue weighted by atomic mass is 10.1. The number of rotatable bonds is 2. The number of phenols is 1. The van der Waals surface area contributed by atoms with E-state index in [1.165, 1.54) is 12.1 Å². The smallest absolute Gasteiger partial charge is 0.335 e. The van der Waals surface area contributed by atoms with E-state index in [1.807, 2.05) is 6.07 Å². The third kappa shape index (κ3) is 2.04. The molecule has 1 aromatic heterocycles. The van der Waals surface area contributed by atoms with Crippen LogP contribution in [0.4, 0.5) is 0 Å². The highest BCUT2D eigenvalue weighted by Gasteiger charge is 2.08. The van der Waals surface area contributed by atoms with Crippen molar-refractivity contribution in [3.05, 3.63) is 54.1 Å². The van der Waals surface area contributed by atoms with Gasteiger partial charge in [-0.3, -0.25) is 0 Å². The number of furan rings is 1. The number of aromatic hydroxyl groups is 1. The molecule has 0 saturated heterocycles. The Morgan fingerprint density at radius 2 is 1.74 bits per heavy atom. The molecule has 1 heterocycles. The number of phenolic OH excluding ortho intramolecular Hbond substituents is 1. The van der Waals surface area contributed by atoms with E-state index in [0.717, 1.165) is 10.9 Å². The Morgan fingerprint density at radius 1 is 1.00 bits per heavy atom. The first-order valence-electron chi connectivity index (χ1n) is 5.70. The lowest BCUT2D eigenvalue weighted by molar-refractivity contribution is 0.0697. The van der Waals surface area contributed by atoms with E-state index in [4.69, 9.17) is 9.52 Å². The van der Waals surface area contributed by atoms with Crippen molar-refractivity contribution in [2.24, 2.45) is 0 Å². The number of aromatic carboxylic acids is 1. The second-order valence-electron chi connectivity index (χ2n) is 4.22. The van der Waals surface area contributed by atoms with Gasteiger partial charge >= 0.3 is 5.97 Å². The number of hydrogen-bond acceptors (Lipinski definition) is 3. The molecule has 0 bridgehead atoms. The Hall–Kier alpha value is -2.75. The lowest BCUT2D eigenvalue weighted by Crippen LogP contribution is -1.94. The number of carbonyl (C=O) groups is 1. The van der Waals surface area contributed by atoms with Crippen LogP contribution in [0.5, 0.6) is 5.75 Å². The Labute approximate surface area is 108 Å². The van der Waals surface area contributed by atoms with Gasteiger partial charge in [-0.25, -0.2) is 4.79 Å². The van der Waals surface area contributed by atoms with E-state index >= 15 is 0 Å². The Morgan fingerprint density at radius 3 is 2.42 bits per heavy atom. The van der Waals surface area contributed by atoms with Gasteiger partial charge in [-0.2, -0.15) is 0 Å². The predicted octanol–water partition coefficient (Wildman–Crippen LogP) is 3.50. The molecule has 0 amide bonds. The van der Waals surface area contributed by atoms with E-state index in [0.29, 0.717) is 11.3 Å². The summed E-state index contributed by atoms with van der Waals surface area (Å²) in [6, 6.07) is 13.2. The largest absolute Gasteiger partial charge is 0.508 e. The molecule has 0 atom stereocenters. The summed E-state index contributed by atoms with van der Waals surface area (Å²) >= 11 is 0. The topological polar surface area (TPSA) is 70.7 Å². The molecule has 0 aliphatic heterocycles.